The van der Waals surface area contributed by atoms with Gasteiger partial charge in [-0.25, -0.2) is 0 Å². The van der Waals surface area contributed by atoms with Gasteiger partial charge >= 0.3 is 0 Å². The zero-order valence-corrected chi connectivity index (χ0v) is 27.5. The first kappa shape index (κ1) is 32.6. The van der Waals surface area contributed by atoms with Crippen molar-refractivity contribution < 1.29 is 19.4 Å². The molecule has 0 radical (unpaired) electrons. The third-order valence-electron chi connectivity index (χ3n) is 9.53. The fraction of sp³-hybridized carbons (Fsp3) is 0.220. The van der Waals surface area contributed by atoms with E-state index in [1.807, 2.05) is 103 Å². The van der Waals surface area contributed by atoms with Crippen molar-refractivity contribution in [2.24, 2.45) is 0 Å². The Hall–Kier alpha value is -4.38. The highest BCUT2D eigenvalue weighted by molar-refractivity contribution is 6.30. The summed E-state index contributed by atoms with van der Waals surface area (Å²) >= 11 is 11.9. The number of benzene rings is 5. The predicted molar refractivity (Wildman–Crippen MR) is 188 cm³/mol. The lowest BCUT2D eigenvalue weighted by Crippen LogP contribution is -2.42. The summed E-state index contributed by atoms with van der Waals surface area (Å²) in [5.41, 5.74) is 3.57. The maximum absolute atomic E-state index is 13.4. The molecule has 238 valence electrons. The number of halogens is 2. The van der Waals surface area contributed by atoms with Crippen molar-refractivity contribution in [1.82, 2.24) is 0 Å². The summed E-state index contributed by atoms with van der Waals surface area (Å²) in [4.78, 5) is 26.2. The summed E-state index contributed by atoms with van der Waals surface area (Å²) in [6, 6.07) is 39.3. The van der Waals surface area contributed by atoms with Gasteiger partial charge in [0.25, 0.3) is 0 Å². The first-order valence-electron chi connectivity index (χ1n) is 16.0. The Kier molecular flexibility index (Phi) is 9.81. The molecular formula is C41H36Cl2O4. The molecule has 2 aliphatic rings. The van der Waals surface area contributed by atoms with E-state index in [4.69, 9.17) is 27.9 Å². The lowest BCUT2D eigenvalue weighted by molar-refractivity contribution is 0.0782. The molecule has 4 nitrogen and oxygen atoms in total. The molecule has 0 bridgehead atoms. The van der Waals surface area contributed by atoms with Crippen molar-refractivity contribution in [1.29, 1.82) is 0 Å². The normalized spacial score (nSPS) is 15.6. The second-order valence-corrected chi connectivity index (χ2v) is 13.3. The summed E-state index contributed by atoms with van der Waals surface area (Å²) in [5, 5.41) is 10.9. The van der Waals surface area contributed by atoms with Crippen LogP contribution in [-0.4, -0.2) is 16.7 Å². The van der Waals surface area contributed by atoms with Crippen LogP contribution in [0.4, 0.5) is 0 Å². The minimum absolute atomic E-state index is 0.0852. The Morgan fingerprint density at radius 3 is 1.55 bits per heavy atom. The van der Waals surface area contributed by atoms with Crippen molar-refractivity contribution in [3.8, 4) is 11.5 Å². The van der Waals surface area contributed by atoms with E-state index in [0.29, 0.717) is 27.8 Å². The van der Waals surface area contributed by atoms with Crippen LogP contribution in [0.25, 0.3) is 0 Å². The van der Waals surface area contributed by atoms with Crippen LogP contribution >= 0.6 is 23.2 Å². The second-order valence-electron chi connectivity index (χ2n) is 12.4. The van der Waals surface area contributed by atoms with Gasteiger partial charge < -0.3 is 9.84 Å². The lowest BCUT2D eigenvalue weighted by atomic mass is 9.61. The third-order valence-corrected chi connectivity index (χ3v) is 10.0. The number of ether oxygens (including phenoxy) is 1. The Morgan fingerprint density at radius 1 is 0.596 bits per heavy atom. The SMILES string of the molecule is O=C(c1cccc(O)c1)C1(c2ccc(Cl)cc2)CCC1.O=C(c1cccc(OCc2ccccc2)c1)C1(c2ccc(Cl)cc2)CCC1. The van der Waals surface area contributed by atoms with E-state index in [1.54, 1.807) is 24.3 Å². The zero-order chi connectivity index (χ0) is 32.9. The number of hydrogen-bond donors (Lipinski definition) is 1. The predicted octanol–water partition coefficient (Wildman–Crippen LogP) is 10.6. The Balaban J connectivity index is 0.000000172. The van der Waals surface area contributed by atoms with E-state index in [-0.39, 0.29) is 17.3 Å². The number of phenols is 1. The van der Waals surface area contributed by atoms with Gasteiger partial charge in [-0.15, -0.1) is 0 Å². The van der Waals surface area contributed by atoms with Gasteiger partial charge in [0, 0.05) is 21.2 Å². The molecule has 7 rings (SSSR count). The molecule has 0 aliphatic heterocycles. The largest absolute Gasteiger partial charge is 0.508 e. The fourth-order valence-corrected chi connectivity index (χ4v) is 6.81. The zero-order valence-electron chi connectivity index (χ0n) is 26.0. The molecule has 5 aromatic carbocycles. The van der Waals surface area contributed by atoms with Gasteiger partial charge in [-0.1, -0.05) is 115 Å². The molecule has 47 heavy (non-hydrogen) atoms. The van der Waals surface area contributed by atoms with Crippen LogP contribution in [0.1, 0.15) is 75.9 Å². The number of carbonyl (C=O) groups is 2. The highest BCUT2D eigenvalue weighted by Gasteiger charge is 2.46. The smallest absolute Gasteiger partial charge is 0.173 e. The summed E-state index contributed by atoms with van der Waals surface area (Å²) < 4.78 is 5.90. The standard InChI is InChI=1S/C24H21ClO2.C17H15ClO2/c25-21-12-10-20(11-13-21)24(14-5-15-24)23(26)19-8-4-9-22(16-19)27-17-18-6-2-1-3-7-18;18-14-7-5-13(6-8-14)17(9-2-10-17)16(20)12-3-1-4-15(19)11-12/h1-4,6-13,16H,5,14-15,17H2;1,3-8,11,19H,2,9-10H2. The molecule has 0 atom stereocenters. The Bertz CT molecular complexity index is 1840. The van der Waals surface area contributed by atoms with Crippen LogP contribution in [0.15, 0.2) is 127 Å². The van der Waals surface area contributed by atoms with Gasteiger partial charge in [0.15, 0.2) is 11.6 Å². The van der Waals surface area contributed by atoms with Gasteiger partial charge in [0.1, 0.15) is 18.1 Å². The minimum Gasteiger partial charge on any atom is -0.508 e. The number of hydrogen-bond acceptors (Lipinski definition) is 4. The van der Waals surface area contributed by atoms with Crippen LogP contribution in [0, 0.1) is 0 Å². The van der Waals surface area contributed by atoms with E-state index in [2.05, 4.69) is 0 Å². The van der Waals surface area contributed by atoms with E-state index in [0.717, 1.165) is 61.0 Å². The second kappa shape index (κ2) is 14.2. The summed E-state index contributed by atoms with van der Waals surface area (Å²) in [6.07, 6.45) is 5.57. The third kappa shape index (κ3) is 7.00. The monoisotopic (exact) mass is 662 g/mol. The van der Waals surface area contributed by atoms with E-state index >= 15 is 0 Å². The van der Waals surface area contributed by atoms with Crippen LogP contribution in [0.2, 0.25) is 10.0 Å². The molecule has 1 N–H and O–H groups in total. The summed E-state index contributed by atoms with van der Waals surface area (Å²) in [7, 11) is 0. The average Bonchev–Trinajstić information content (AvgIpc) is 3.05. The number of carbonyl (C=O) groups excluding carboxylic acids is 2. The average molecular weight is 664 g/mol. The maximum atomic E-state index is 13.4. The molecule has 0 spiro atoms. The number of phenolic OH excluding ortho intramolecular Hbond substituents is 1. The van der Waals surface area contributed by atoms with E-state index in [1.165, 1.54) is 0 Å². The lowest BCUT2D eigenvalue weighted by Gasteiger charge is -2.41. The van der Waals surface area contributed by atoms with Gasteiger partial charge in [-0.2, -0.15) is 0 Å². The topological polar surface area (TPSA) is 63.6 Å². The first-order chi connectivity index (χ1) is 22.8. The van der Waals surface area contributed by atoms with E-state index in [9.17, 15) is 14.7 Å². The molecule has 0 aromatic heterocycles. The maximum Gasteiger partial charge on any atom is 0.173 e. The van der Waals surface area contributed by atoms with Gasteiger partial charge in [0.2, 0.25) is 0 Å². The number of rotatable bonds is 9. The Labute approximate surface area is 286 Å². The van der Waals surface area contributed by atoms with Crippen molar-refractivity contribution in [2.75, 3.05) is 0 Å². The molecule has 0 unspecified atom stereocenters. The molecule has 2 saturated carbocycles. The molecule has 2 aliphatic carbocycles. The quantitative estimate of drug-likeness (QED) is 0.159. The van der Waals surface area contributed by atoms with Gasteiger partial charge in [-0.05, 0) is 90.9 Å². The minimum atomic E-state index is -0.446. The van der Waals surface area contributed by atoms with Crippen LogP contribution in [0.5, 0.6) is 11.5 Å². The van der Waals surface area contributed by atoms with Crippen LogP contribution < -0.4 is 4.74 Å². The molecule has 6 heteroatoms. The molecule has 0 amide bonds. The van der Waals surface area contributed by atoms with Gasteiger partial charge in [0.05, 0.1) is 10.8 Å². The van der Waals surface area contributed by atoms with Crippen LogP contribution in [0.3, 0.4) is 0 Å². The molecule has 0 heterocycles. The number of Topliss-reactive ketones (excluding diaryl/α,β-unsaturated/α-hetero) is 2. The number of ketones is 2. The molecular weight excluding hydrogens is 627 g/mol. The van der Waals surface area contributed by atoms with Crippen molar-refractivity contribution >= 4 is 34.8 Å². The fourth-order valence-electron chi connectivity index (χ4n) is 6.56. The van der Waals surface area contributed by atoms with Crippen molar-refractivity contribution in [3.63, 3.8) is 0 Å². The molecule has 2 fully saturated rings. The molecule has 5 aromatic rings. The van der Waals surface area contributed by atoms with Crippen molar-refractivity contribution in [2.45, 2.75) is 56.0 Å². The number of aromatic hydroxyl groups is 1. The van der Waals surface area contributed by atoms with E-state index < -0.39 is 10.8 Å². The highest BCUT2D eigenvalue weighted by Crippen LogP contribution is 2.47. The summed E-state index contributed by atoms with van der Waals surface area (Å²) in [6.45, 7) is 0.487. The highest BCUT2D eigenvalue weighted by atomic mass is 35.5. The Morgan fingerprint density at radius 2 is 1.09 bits per heavy atom. The van der Waals surface area contributed by atoms with Crippen LogP contribution in [-0.2, 0) is 17.4 Å². The van der Waals surface area contributed by atoms with Gasteiger partial charge in [-0.3, -0.25) is 9.59 Å². The summed E-state index contributed by atoms with van der Waals surface area (Å²) in [5.74, 6) is 1.10. The first-order valence-corrected chi connectivity index (χ1v) is 16.7. The van der Waals surface area contributed by atoms with Crippen molar-refractivity contribution in [3.05, 3.63) is 165 Å². The molecule has 0 saturated heterocycles.